The van der Waals surface area contributed by atoms with Gasteiger partial charge in [-0.1, -0.05) is 13.8 Å². The zero-order chi connectivity index (χ0) is 12.3. The Morgan fingerprint density at radius 1 is 1.24 bits per heavy atom. The molecule has 0 radical (unpaired) electrons. The van der Waals surface area contributed by atoms with Gasteiger partial charge in [0.15, 0.2) is 0 Å². The van der Waals surface area contributed by atoms with Crippen LogP contribution < -0.4 is 5.32 Å². The Labute approximate surface area is 105 Å². The van der Waals surface area contributed by atoms with E-state index in [1.165, 1.54) is 12.8 Å². The van der Waals surface area contributed by atoms with Gasteiger partial charge in [0.05, 0.1) is 0 Å². The number of piperidine rings is 1. The number of nitrogens with one attached hydrogen (secondary N) is 1. The number of rotatable bonds is 5. The molecule has 1 heterocycles. The van der Waals surface area contributed by atoms with Gasteiger partial charge in [0.1, 0.15) is 0 Å². The van der Waals surface area contributed by atoms with E-state index in [0.29, 0.717) is 23.8 Å². The molecule has 1 N–H and O–H groups in total. The minimum absolute atomic E-state index is 0.295. The van der Waals surface area contributed by atoms with Crippen molar-refractivity contribution in [3.63, 3.8) is 0 Å². The van der Waals surface area contributed by atoms with Crippen molar-refractivity contribution in [2.24, 2.45) is 11.8 Å². The average Bonchev–Trinajstić information content (AvgIpc) is 3.14. The van der Waals surface area contributed by atoms with E-state index in [9.17, 15) is 4.79 Å². The first-order valence-corrected chi connectivity index (χ1v) is 7.19. The molecule has 98 valence electrons. The van der Waals surface area contributed by atoms with E-state index >= 15 is 0 Å². The standard InChI is InChI=1S/C14H26N2O/c1-11(2)7-10-16(13-3-4-13)14(17)12-5-8-15-9-6-12/h11-13,15H,3-10H2,1-2H3. The summed E-state index contributed by atoms with van der Waals surface area (Å²) in [6.45, 7) is 7.48. The highest BCUT2D eigenvalue weighted by atomic mass is 16.2. The van der Waals surface area contributed by atoms with Crippen molar-refractivity contribution in [3.05, 3.63) is 0 Å². The first-order valence-electron chi connectivity index (χ1n) is 7.19. The van der Waals surface area contributed by atoms with E-state index in [1.807, 2.05) is 0 Å². The van der Waals surface area contributed by atoms with Gasteiger partial charge < -0.3 is 10.2 Å². The summed E-state index contributed by atoms with van der Waals surface area (Å²) in [6.07, 6.45) is 5.67. The second-order valence-corrected chi connectivity index (χ2v) is 5.97. The van der Waals surface area contributed by atoms with Crippen molar-refractivity contribution in [2.75, 3.05) is 19.6 Å². The number of hydrogen-bond acceptors (Lipinski definition) is 2. The molecule has 2 fully saturated rings. The van der Waals surface area contributed by atoms with E-state index in [2.05, 4.69) is 24.1 Å². The lowest BCUT2D eigenvalue weighted by Crippen LogP contribution is -2.42. The van der Waals surface area contributed by atoms with Crippen LogP contribution in [0.15, 0.2) is 0 Å². The maximum atomic E-state index is 12.5. The molecule has 1 aliphatic carbocycles. The van der Waals surface area contributed by atoms with Crippen LogP contribution in [0.5, 0.6) is 0 Å². The topological polar surface area (TPSA) is 32.3 Å². The average molecular weight is 238 g/mol. The maximum Gasteiger partial charge on any atom is 0.226 e. The molecule has 0 atom stereocenters. The van der Waals surface area contributed by atoms with Crippen LogP contribution in [0.3, 0.4) is 0 Å². The van der Waals surface area contributed by atoms with Crippen LogP contribution in [0, 0.1) is 11.8 Å². The first kappa shape index (κ1) is 12.9. The number of amides is 1. The predicted molar refractivity (Wildman–Crippen MR) is 69.8 cm³/mol. The van der Waals surface area contributed by atoms with Gasteiger partial charge in [-0.15, -0.1) is 0 Å². The van der Waals surface area contributed by atoms with Crippen LogP contribution in [-0.2, 0) is 4.79 Å². The third kappa shape index (κ3) is 3.70. The lowest BCUT2D eigenvalue weighted by Gasteiger charge is -2.30. The third-order valence-electron chi connectivity index (χ3n) is 3.91. The molecule has 0 bridgehead atoms. The molecule has 2 rings (SSSR count). The molecule has 0 unspecified atom stereocenters. The van der Waals surface area contributed by atoms with Crippen LogP contribution in [-0.4, -0.2) is 36.5 Å². The molecular formula is C14H26N2O. The Morgan fingerprint density at radius 3 is 2.41 bits per heavy atom. The van der Waals surface area contributed by atoms with Crippen molar-refractivity contribution in [3.8, 4) is 0 Å². The quantitative estimate of drug-likeness (QED) is 0.795. The van der Waals surface area contributed by atoms with Crippen LogP contribution in [0.2, 0.25) is 0 Å². The zero-order valence-corrected chi connectivity index (χ0v) is 11.2. The Kier molecular flexibility index (Phi) is 4.43. The van der Waals surface area contributed by atoms with Gasteiger partial charge in [0, 0.05) is 18.5 Å². The molecule has 0 spiro atoms. The van der Waals surface area contributed by atoms with E-state index < -0.39 is 0 Å². The highest BCUT2D eigenvalue weighted by molar-refractivity contribution is 5.79. The molecule has 3 heteroatoms. The maximum absolute atomic E-state index is 12.5. The van der Waals surface area contributed by atoms with Gasteiger partial charge in [0.25, 0.3) is 0 Å². The zero-order valence-electron chi connectivity index (χ0n) is 11.2. The fourth-order valence-corrected chi connectivity index (χ4v) is 2.56. The molecule has 0 aromatic heterocycles. The molecule has 0 aromatic carbocycles. The summed E-state index contributed by atoms with van der Waals surface area (Å²) in [5.41, 5.74) is 0. The van der Waals surface area contributed by atoms with Crippen LogP contribution in [0.4, 0.5) is 0 Å². The van der Waals surface area contributed by atoms with Crippen molar-refractivity contribution >= 4 is 5.91 Å². The molecule has 17 heavy (non-hydrogen) atoms. The third-order valence-corrected chi connectivity index (χ3v) is 3.91. The van der Waals surface area contributed by atoms with Gasteiger partial charge in [-0.3, -0.25) is 4.79 Å². The van der Waals surface area contributed by atoms with Crippen LogP contribution in [0.25, 0.3) is 0 Å². The first-order chi connectivity index (χ1) is 8.18. The van der Waals surface area contributed by atoms with E-state index in [1.54, 1.807) is 0 Å². The fraction of sp³-hybridized carbons (Fsp3) is 0.929. The molecule has 1 amide bonds. The Balaban J connectivity index is 1.87. The number of hydrogen-bond donors (Lipinski definition) is 1. The van der Waals surface area contributed by atoms with Gasteiger partial charge in [-0.25, -0.2) is 0 Å². The monoisotopic (exact) mass is 238 g/mol. The molecule has 0 aromatic rings. The molecular weight excluding hydrogens is 212 g/mol. The summed E-state index contributed by atoms with van der Waals surface area (Å²) in [6, 6.07) is 0.580. The largest absolute Gasteiger partial charge is 0.339 e. The van der Waals surface area contributed by atoms with Gasteiger partial charge in [-0.2, -0.15) is 0 Å². The fourth-order valence-electron chi connectivity index (χ4n) is 2.56. The minimum atomic E-state index is 0.295. The molecule has 3 nitrogen and oxygen atoms in total. The molecule has 1 aliphatic heterocycles. The molecule has 1 saturated heterocycles. The van der Waals surface area contributed by atoms with Gasteiger partial charge in [-0.05, 0) is 51.1 Å². The molecule has 1 saturated carbocycles. The Bertz CT molecular complexity index is 255. The van der Waals surface area contributed by atoms with E-state index in [4.69, 9.17) is 0 Å². The summed E-state index contributed by atoms with van der Waals surface area (Å²) in [4.78, 5) is 14.7. The highest BCUT2D eigenvalue weighted by Crippen LogP contribution is 2.30. The highest BCUT2D eigenvalue weighted by Gasteiger charge is 2.35. The lowest BCUT2D eigenvalue weighted by molar-refractivity contribution is -0.137. The SMILES string of the molecule is CC(C)CCN(C(=O)C1CCNCC1)C1CC1. The smallest absolute Gasteiger partial charge is 0.226 e. The van der Waals surface area contributed by atoms with Crippen molar-refractivity contribution in [1.82, 2.24) is 10.2 Å². The van der Waals surface area contributed by atoms with Crippen LogP contribution >= 0.6 is 0 Å². The van der Waals surface area contributed by atoms with E-state index in [-0.39, 0.29) is 0 Å². The van der Waals surface area contributed by atoms with Crippen LogP contribution in [0.1, 0.15) is 46.0 Å². The van der Waals surface area contributed by atoms with Crippen molar-refractivity contribution in [2.45, 2.75) is 52.0 Å². The Morgan fingerprint density at radius 2 is 1.88 bits per heavy atom. The number of carbonyl (C=O) groups is 1. The second kappa shape index (κ2) is 5.85. The summed E-state index contributed by atoms with van der Waals surface area (Å²) in [5.74, 6) is 1.43. The summed E-state index contributed by atoms with van der Waals surface area (Å²) >= 11 is 0. The Hall–Kier alpha value is -0.570. The summed E-state index contributed by atoms with van der Waals surface area (Å²) < 4.78 is 0. The number of carbonyl (C=O) groups excluding carboxylic acids is 1. The second-order valence-electron chi connectivity index (χ2n) is 5.97. The van der Waals surface area contributed by atoms with E-state index in [0.717, 1.165) is 38.9 Å². The van der Waals surface area contributed by atoms with Crippen molar-refractivity contribution in [1.29, 1.82) is 0 Å². The summed E-state index contributed by atoms with van der Waals surface area (Å²) in [5, 5.41) is 3.33. The summed E-state index contributed by atoms with van der Waals surface area (Å²) in [7, 11) is 0. The minimum Gasteiger partial charge on any atom is -0.339 e. The predicted octanol–water partition coefficient (Wildman–Crippen LogP) is 2.02. The number of nitrogens with zero attached hydrogens (tertiary/aromatic N) is 1. The normalized spacial score (nSPS) is 21.8. The lowest BCUT2D eigenvalue weighted by atomic mass is 9.96. The molecule has 2 aliphatic rings. The van der Waals surface area contributed by atoms with Crippen molar-refractivity contribution < 1.29 is 4.79 Å². The van der Waals surface area contributed by atoms with Gasteiger partial charge >= 0.3 is 0 Å². The van der Waals surface area contributed by atoms with Gasteiger partial charge in [0.2, 0.25) is 5.91 Å².